The average Bonchev–Trinajstić information content (AvgIpc) is 3.59. The topological polar surface area (TPSA) is 154 Å². The minimum atomic E-state index is -0.653. The lowest BCUT2D eigenvalue weighted by atomic mass is 9.96. The number of benzene rings is 2. The van der Waals surface area contributed by atoms with Crippen LogP contribution in [0.5, 0.6) is 17.2 Å². The maximum absolute atomic E-state index is 14.9. The van der Waals surface area contributed by atoms with Crippen molar-refractivity contribution >= 4 is 24.1 Å². The molecule has 0 spiro atoms. The number of rotatable bonds is 12. The van der Waals surface area contributed by atoms with E-state index in [2.05, 4.69) is 4.90 Å². The number of piperidine rings is 1. The molecule has 1 aliphatic heterocycles. The molecular formula is C32H37ClFN5O5. The number of hydrogen-bond donors (Lipinski definition) is 4. The van der Waals surface area contributed by atoms with Gasteiger partial charge in [-0.15, -0.1) is 12.4 Å². The summed E-state index contributed by atoms with van der Waals surface area (Å²) < 4.78 is 26.6. The molecule has 0 radical (unpaired) electrons. The molecule has 10 nitrogen and oxygen atoms in total. The fourth-order valence-electron chi connectivity index (χ4n) is 6.11. The number of aromatic nitrogens is 1. The number of nitriles is 1. The van der Waals surface area contributed by atoms with E-state index in [-0.39, 0.29) is 42.2 Å². The van der Waals surface area contributed by atoms with Crippen LogP contribution in [0.4, 0.5) is 10.2 Å². The van der Waals surface area contributed by atoms with E-state index < -0.39 is 11.7 Å². The predicted octanol–water partition coefficient (Wildman–Crippen LogP) is 5.32. The van der Waals surface area contributed by atoms with Crippen molar-refractivity contribution in [3.05, 3.63) is 53.8 Å². The molecule has 1 saturated heterocycles. The van der Waals surface area contributed by atoms with E-state index in [1.807, 2.05) is 12.1 Å². The number of nitrogens with one attached hydrogen (secondary N) is 1. The molecule has 2 fully saturated rings. The second-order valence-corrected chi connectivity index (χ2v) is 11.1. The Morgan fingerprint density at radius 1 is 1.14 bits per heavy atom. The summed E-state index contributed by atoms with van der Waals surface area (Å²) in [6, 6.07) is 13.6. The average molecular weight is 626 g/mol. The number of hydrogen-bond acceptors (Lipinski definition) is 9. The highest BCUT2D eigenvalue weighted by Gasteiger charge is 2.43. The van der Waals surface area contributed by atoms with Gasteiger partial charge in [0.2, 0.25) is 5.91 Å². The van der Waals surface area contributed by atoms with Gasteiger partial charge in [-0.3, -0.25) is 10.0 Å². The van der Waals surface area contributed by atoms with E-state index >= 15 is 0 Å². The Kier molecular flexibility index (Phi) is 10.9. The van der Waals surface area contributed by atoms with Crippen LogP contribution in [0.25, 0.3) is 22.4 Å². The van der Waals surface area contributed by atoms with Gasteiger partial charge >= 0.3 is 0 Å². The number of hydroxylamine groups is 1. The minimum Gasteiger partial charge on any atom is -0.504 e. The molecule has 2 bridgehead atoms. The first kappa shape index (κ1) is 32.8. The van der Waals surface area contributed by atoms with Gasteiger partial charge in [-0.2, -0.15) is 5.26 Å². The number of carbonyl (C=O) groups is 1. The monoisotopic (exact) mass is 625 g/mol. The number of anilines is 1. The summed E-state index contributed by atoms with van der Waals surface area (Å²) in [6.07, 6.45) is 5.09. The summed E-state index contributed by atoms with van der Waals surface area (Å²) in [5, 5.41) is 28.6. The molecule has 1 aliphatic carbocycles. The number of unbranched alkanes of at least 4 members (excludes halogenated alkanes) is 3. The molecule has 234 valence electrons. The minimum absolute atomic E-state index is 0. The first-order valence-electron chi connectivity index (χ1n) is 14.5. The number of pyridine rings is 1. The van der Waals surface area contributed by atoms with Gasteiger partial charge in [0.15, 0.2) is 11.5 Å². The van der Waals surface area contributed by atoms with Crippen LogP contribution >= 0.6 is 12.4 Å². The number of nitrogens with zero attached hydrogens (tertiary/aromatic N) is 3. The summed E-state index contributed by atoms with van der Waals surface area (Å²) in [5.74, 6) is 0.784. The zero-order valence-electron chi connectivity index (χ0n) is 24.5. The lowest BCUT2D eigenvalue weighted by molar-refractivity contribution is -0.129. The fourth-order valence-corrected chi connectivity index (χ4v) is 6.11. The van der Waals surface area contributed by atoms with Crippen molar-refractivity contribution < 1.29 is 29.0 Å². The maximum Gasteiger partial charge on any atom is 0.243 e. The summed E-state index contributed by atoms with van der Waals surface area (Å²) >= 11 is 0. The van der Waals surface area contributed by atoms with Gasteiger partial charge in [-0.05, 0) is 61.4 Å². The summed E-state index contributed by atoms with van der Waals surface area (Å²) in [7, 11) is 1.47. The first-order chi connectivity index (χ1) is 20.8. The molecule has 2 aromatic carbocycles. The van der Waals surface area contributed by atoms with Crippen molar-refractivity contribution in [1.29, 1.82) is 5.26 Å². The number of halogens is 2. The maximum atomic E-state index is 14.9. The van der Waals surface area contributed by atoms with Crippen molar-refractivity contribution in [1.82, 2.24) is 10.5 Å². The van der Waals surface area contributed by atoms with Crippen molar-refractivity contribution in [2.45, 2.75) is 57.0 Å². The van der Waals surface area contributed by atoms with Gasteiger partial charge in [0.1, 0.15) is 23.5 Å². The molecule has 5 N–H and O–H groups in total. The van der Waals surface area contributed by atoms with Crippen molar-refractivity contribution in [2.75, 3.05) is 25.2 Å². The van der Waals surface area contributed by atoms with E-state index in [0.717, 1.165) is 38.6 Å². The van der Waals surface area contributed by atoms with Gasteiger partial charge in [-0.25, -0.2) is 14.9 Å². The van der Waals surface area contributed by atoms with Crippen molar-refractivity contribution in [2.24, 2.45) is 11.7 Å². The molecule has 44 heavy (non-hydrogen) atoms. The zero-order valence-corrected chi connectivity index (χ0v) is 25.3. The van der Waals surface area contributed by atoms with E-state index in [1.165, 1.54) is 19.2 Å². The molecule has 3 atom stereocenters. The van der Waals surface area contributed by atoms with Gasteiger partial charge in [0, 0.05) is 36.7 Å². The lowest BCUT2D eigenvalue weighted by Crippen LogP contribution is -2.41. The highest BCUT2D eigenvalue weighted by atomic mass is 35.5. The number of nitrogens with two attached hydrogens (primary N) is 1. The number of amides is 1. The Morgan fingerprint density at radius 3 is 2.55 bits per heavy atom. The zero-order chi connectivity index (χ0) is 30.5. The molecule has 2 aliphatic rings. The van der Waals surface area contributed by atoms with Crippen LogP contribution in [0.1, 0.15) is 50.5 Å². The second-order valence-electron chi connectivity index (χ2n) is 11.1. The summed E-state index contributed by atoms with van der Waals surface area (Å²) in [6.45, 7) is 1.15. The smallest absolute Gasteiger partial charge is 0.243 e. The molecule has 1 aromatic heterocycles. The van der Waals surface area contributed by atoms with Crippen LogP contribution in [0.3, 0.4) is 0 Å². The van der Waals surface area contributed by atoms with E-state index in [1.54, 1.807) is 29.7 Å². The lowest BCUT2D eigenvalue weighted by Gasteiger charge is -2.32. The number of methoxy groups -OCH3 is 1. The largest absolute Gasteiger partial charge is 0.504 e. The van der Waals surface area contributed by atoms with Gasteiger partial charge in [0.25, 0.3) is 0 Å². The Bertz CT molecular complexity index is 1530. The Balaban J connectivity index is 0.00000442. The summed E-state index contributed by atoms with van der Waals surface area (Å²) in [4.78, 5) is 18.6. The third kappa shape index (κ3) is 6.99. The number of ether oxygens (including phenoxy) is 2. The van der Waals surface area contributed by atoms with Gasteiger partial charge < -0.3 is 25.2 Å². The van der Waals surface area contributed by atoms with Crippen molar-refractivity contribution in [3.8, 4) is 45.7 Å². The molecule has 12 heteroatoms. The van der Waals surface area contributed by atoms with Crippen LogP contribution in [0, 0.1) is 23.1 Å². The fraction of sp³-hybridized carbons (Fsp3) is 0.406. The summed E-state index contributed by atoms with van der Waals surface area (Å²) in [5.41, 5.74) is 10.0. The predicted molar refractivity (Wildman–Crippen MR) is 166 cm³/mol. The standard InChI is InChI=1S/C32H36FN5O5.ClH/c1-42-27-10-9-19(14-26(27)39)31-28(43-11-5-3-2-4-6-30(40)37-41)16-29(38-18-22-12-23(38)15-25(22)35)36-32(31)20-7-8-21(17-34)24(33)13-20;/h7-10,13-14,16,22-23,25,39,41H,2-6,11-12,15,18,35H2,1H3,(H,37,40);1H. The third-order valence-corrected chi connectivity index (χ3v) is 8.37. The van der Waals surface area contributed by atoms with Crippen molar-refractivity contribution in [3.63, 3.8) is 0 Å². The van der Waals surface area contributed by atoms with E-state index in [4.69, 9.17) is 25.4 Å². The molecule has 2 heterocycles. The number of phenols is 1. The Labute approximate surface area is 262 Å². The molecular weight excluding hydrogens is 589 g/mol. The molecule has 3 unspecified atom stereocenters. The normalized spacial score (nSPS) is 18.4. The second kappa shape index (κ2) is 14.6. The van der Waals surface area contributed by atoms with Gasteiger partial charge in [-0.1, -0.05) is 25.0 Å². The number of carbonyl (C=O) groups excluding carboxylic acids is 1. The van der Waals surface area contributed by atoms with Crippen LogP contribution in [0.15, 0.2) is 42.5 Å². The SMILES string of the molecule is COc1ccc(-c2c(OCCCCCCC(=O)NO)cc(N3CC4CC3CC4N)nc2-c2ccc(C#N)c(F)c2)cc1O.Cl. The van der Waals surface area contributed by atoms with E-state index in [0.29, 0.717) is 58.6 Å². The number of phenolic OH excluding ortho intramolecular Hbond substituents is 1. The quantitative estimate of drug-likeness (QED) is 0.119. The molecule has 1 amide bonds. The highest BCUT2D eigenvalue weighted by molar-refractivity contribution is 5.88. The number of aromatic hydroxyl groups is 1. The van der Waals surface area contributed by atoms with Crippen LogP contribution in [-0.4, -0.2) is 53.6 Å². The van der Waals surface area contributed by atoms with Crippen LogP contribution < -0.4 is 25.6 Å². The molecule has 3 aromatic rings. The van der Waals surface area contributed by atoms with Gasteiger partial charge in [0.05, 0.1) is 30.5 Å². The third-order valence-electron chi connectivity index (χ3n) is 8.37. The Hall–Kier alpha value is -4.11. The van der Waals surface area contributed by atoms with Crippen LogP contribution in [0.2, 0.25) is 0 Å². The Morgan fingerprint density at radius 2 is 1.91 bits per heavy atom. The van der Waals surface area contributed by atoms with Crippen LogP contribution in [-0.2, 0) is 4.79 Å². The molecule has 5 rings (SSSR count). The number of fused-ring (bicyclic) bond motifs is 2. The molecule has 1 saturated carbocycles. The first-order valence-corrected chi connectivity index (χ1v) is 14.5. The highest BCUT2D eigenvalue weighted by Crippen LogP contribution is 2.46. The van der Waals surface area contributed by atoms with E-state index in [9.17, 15) is 19.6 Å².